The number of likely N-dealkylation sites (tertiary alicyclic amines) is 1. The molecule has 4 rings (SSSR count). The number of piperidine rings is 1. The van der Waals surface area contributed by atoms with Gasteiger partial charge in [0.2, 0.25) is 5.88 Å². The number of carbonyl (C=O) groups excluding carboxylic acids is 1. The molecule has 12 heteroatoms. The summed E-state index contributed by atoms with van der Waals surface area (Å²) in [6, 6.07) is 3.03. The predicted molar refractivity (Wildman–Crippen MR) is 119 cm³/mol. The zero-order chi connectivity index (χ0) is 23.8. The average Bonchev–Trinajstić information content (AvgIpc) is 3.19. The third kappa shape index (κ3) is 4.90. The molecule has 176 valence electrons. The number of amides is 1. The standard InChI is InChI=1S/C21H26N6O5S/c1-13(2)31-21(28)26-9-7-15(8-10-26)27-19-16(11-24-27)20(23-12-22-19)32-17-5-6-18(25-14(17)3)33(4,29)30/h5-6,11-13,15H,7-10H2,1-4H3. The van der Waals surface area contributed by atoms with Crippen molar-refractivity contribution in [3.05, 3.63) is 30.4 Å². The van der Waals surface area contributed by atoms with E-state index in [1.165, 1.54) is 12.4 Å². The molecule has 0 aromatic carbocycles. The van der Waals surface area contributed by atoms with Gasteiger partial charge < -0.3 is 14.4 Å². The van der Waals surface area contributed by atoms with Gasteiger partial charge in [0, 0.05) is 19.3 Å². The first kappa shape index (κ1) is 22.9. The Kier molecular flexibility index (Phi) is 6.19. The highest BCUT2D eigenvalue weighted by atomic mass is 32.2. The summed E-state index contributed by atoms with van der Waals surface area (Å²) in [4.78, 5) is 26.6. The maximum absolute atomic E-state index is 12.1. The van der Waals surface area contributed by atoms with Crippen LogP contribution in [-0.2, 0) is 14.6 Å². The van der Waals surface area contributed by atoms with Crippen molar-refractivity contribution >= 4 is 27.0 Å². The van der Waals surface area contributed by atoms with Gasteiger partial charge in [-0.1, -0.05) is 0 Å². The second-order valence-electron chi connectivity index (χ2n) is 8.26. The fraction of sp³-hybridized carbons (Fsp3) is 0.476. The van der Waals surface area contributed by atoms with E-state index in [2.05, 4.69) is 20.1 Å². The van der Waals surface area contributed by atoms with E-state index in [4.69, 9.17) is 9.47 Å². The number of fused-ring (bicyclic) bond motifs is 1. The largest absolute Gasteiger partial charge is 0.447 e. The summed E-state index contributed by atoms with van der Waals surface area (Å²) in [5, 5.41) is 5.13. The Labute approximate surface area is 191 Å². The van der Waals surface area contributed by atoms with Crippen LogP contribution in [0.5, 0.6) is 11.6 Å². The molecule has 1 aliphatic rings. The van der Waals surface area contributed by atoms with Crippen LogP contribution in [0.2, 0.25) is 0 Å². The molecule has 3 aromatic heterocycles. The maximum atomic E-state index is 12.1. The number of rotatable bonds is 5. The lowest BCUT2D eigenvalue weighted by Crippen LogP contribution is -2.40. The number of sulfone groups is 1. The van der Waals surface area contributed by atoms with Crippen molar-refractivity contribution in [2.45, 2.75) is 50.8 Å². The number of ether oxygens (including phenoxy) is 2. The van der Waals surface area contributed by atoms with E-state index >= 15 is 0 Å². The van der Waals surface area contributed by atoms with Gasteiger partial charge in [-0.25, -0.2) is 32.8 Å². The molecule has 0 unspecified atom stereocenters. The molecule has 33 heavy (non-hydrogen) atoms. The fourth-order valence-electron chi connectivity index (χ4n) is 3.70. The average molecular weight is 475 g/mol. The molecular weight excluding hydrogens is 448 g/mol. The molecule has 1 amide bonds. The van der Waals surface area contributed by atoms with Crippen LogP contribution in [0.3, 0.4) is 0 Å². The Morgan fingerprint density at radius 1 is 1.18 bits per heavy atom. The van der Waals surface area contributed by atoms with Gasteiger partial charge in [0.25, 0.3) is 0 Å². The van der Waals surface area contributed by atoms with Gasteiger partial charge in [-0.15, -0.1) is 0 Å². The summed E-state index contributed by atoms with van der Waals surface area (Å²) in [5.41, 5.74) is 1.05. The molecule has 1 saturated heterocycles. The van der Waals surface area contributed by atoms with Crippen LogP contribution in [0.1, 0.15) is 38.4 Å². The van der Waals surface area contributed by atoms with Crippen LogP contribution in [0, 0.1) is 6.92 Å². The minimum atomic E-state index is -3.41. The SMILES string of the molecule is Cc1nc(S(C)(=O)=O)ccc1Oc1ncnc2c1cnn2C1CCN(C(=O)OC(C)C)CC1. The van der Waals surface area contributed by atoms with Crippen molar-refractivity contribution in [2.24, 2.45) is 0 Å². The molecule has 1 aliphatic heterocycles. The van der Waals surface area contributed by atoms with Crippen LogP contribution in [-0.4, -0.2) is 69.6 Å². The number of hydrogen-bond donors (Lipinski definition) is 0. The number of hydrogen-bond acceptors (Lipinski definition) is 9. The summed E-state index contributed by atoms with van der Waals surface area (Å²) in [7, 11) is -3.41. The fourth-order valence-corrected chi connectivity index (χ4v) is 4.32. The number of pyridine rings is 1. The molecule has 0 N–H and O–H groups in total. The van der Waals surface area contributed by atoms with Gasteiger partial charge in [-0.05, 0) is 45.7 Å². The quantitative estimate of drug-likeness (QED) is 0.548. The lowest BCUT2D eigenvalue weighted by atomic mass is 10.1. The second-order valence-corrected chi connectivity index (χ2v) is 10.2. The highest BCUT2D eigenvalue weighted by Gasteiger charge is 2.27. The van der Waals surface area contributed by atoms with E-state index in [1.807, 2.05) is 18.5 Å². The van der Waals surface area contributed by atoms with Crippen molar-refractivity contribution in [3.8, 4) is 11.6 Å². The van der Waals surface area contributed by atoms with Crippen molar-refractivity contribution in [1.82, 2.24) is 29.6 Å². The zero-order valence-electron chi connectivity index (χ0n) is 18.9. The third-order valence-electron chi connectivity index (χ3n) is 5.36. The lowest BCUT2D eigenvalue weighted by Gasteiger charge is -2.31. The molecule has 1 fully saturated rings. The van der Waals surface area contributed by atoms with Gasteiger partial charge >= 0.3 is 6.09 Å². The Balaban J connectivity index is 1.53. The first-order valence-corrected chi connectivity index (χ1v) is 12.5. The summed E-state index contributed by atoms with van der Waals surface area (Å²) < 4.78 is 36.5. The van der Waals surface area contributed by atoms with Crippen molar-refractivity contribution in [2.75, 3.05) is 19.3 Å². The summed E-state index contributed by atoms with van der Waals surface area (Å²) in [6.45, 7) is 6.48. The molecule has 3 aromatic rings. The second kappa shape index (κ2) is 8.93. The van der Waals surface area contributed by atoms with E-state index in [-0.39, 0.29) is 23.3 Å². The van der Waals surface area contributed by atoms with E-state index in [0.29, 0.717) is 41.4 Å². The van der Waals surface area contributed by atoms with E-state index in [0.717, 1.165) is 19.1 Å². The molecule has 0 atom stereocenters. The Morgan fingerprint density at radius 3 is 2.55 bits per heavy atom. The number of carbonyl (C=O) groups is 1. The minimum absolute atomic E-state index is 0.0170. The molecule has 0 saturated carbocycles. The first-order valence-electron chi connectivity index (χ1n) is 10.6. The van der Waals surface area contributed by atoms with Gasteiger partial charge in [-0.3, -0.25) is 0 Å². The number of aryl methyl sites for hydroxylation is 1. The topological polar surface area (TPSA) is 129 Å². The Morgan fingerprint density at radius 2 is 1.91 bits per heavy atom. The van der Waals surface area contributed by atoms with Crippen LogP contribution in [0.4, 0.5) is 4.79 Å². The first-order chi connectivity index (χ1) is 15.6. The highest BCUT2D eigenvalue weighted by molar-refractivity contribution is 7.90. The van der Waals surface area contributed by atoms with Gasteiger partial charge in [-0.2, -0.15) is 5.10 Å². The van der Waals surface area contributed by atoms with Gasteiger partial charge in [0.15, 0.2) is 26.3 Å². The smallest absolute Gasteiger partial charge is 0.410 e. The normalized spacial score (nSPS) is 15.2. The number of aromatic nitrogens is 5. The Bertz CT molecular complexity index is 1280. The van der Waals surface area contributed by atoms with E-state index in [1.54, 1.807) is 24.1 Å². The minimum Gasteiger partial charge on any atom is -0.447 e. The van der Waals surface area contributed by atoms with Crippen LogP contribution < -0.4 is 4.74 Å². The van der Waals surface area contributed by atoms with E-state index in [9.17, 15) is 13.2 Å². The van der Waals surface area contributed by atoms with Gasteiger partial charge in [0.1, 0.15) is 11.7 Å². The molecular formula is C21H26N6O5S. The van der Waals surface area contributed by atoms with Crippen molar-refractivity contribution in [1.29, 1.82) is 0 Å². The Hall–Kier alpha value is -3.28. The summed E-state index contributed by atoms with van der Waals surface area (Å²) in [5.74, 6) is 0.702. The maximum Gasteiger partial charge on any atom is 0.410 e. The molecule has 4 heterocycles. The lowest BCUT2D eigenvalue weighted by molar-refractivity contribution is 0.0656. The van der Waals surface area contributed by atoms with Crippen molar-refractivity contribution < 1.29 is 22.7 Å². The molecule has 0 aliphatic carbocycles. The molecule has 11 nitrogen and oxygen atoms in total. The van der Waals surface area contributed by atoms with Crippen LogP contribution in [0.15, 0.2) is 29.7 Å². The zero-order valence-corrected chi connectivity index (χ0v) is 19.7. The van der Waals surface area contributed by atoms with E-state index < -0.39 is 9.84 Å². The van der Waals surface area contributed by atoms with Crippen LogP contribution >= 0.6 is 0 Å². The predicted octanol–water partition coefficient (Wildman–Crippen LogP) is 2.91. The van der Waals surface area contributed by atoms with Crippen LogP contribution in [0.25, 0.3) is 11.0 Å². The highest BCUT2D eigenvalue weighted by Crippen LogP contribution is 2.31. The summed E-state index contributed by atoms with van der Waals surface area (Å²) in [6.07, 6.45) is 5.16. The third-order valence-corrected chi connectivity index (χ3v) is 6.35. The monoisotopic (exact) mass is 474 g/mol. The van der Waals surface area contributed by atoms with Gasteiger partial charge in [0.05, 0.1) is 24.0 Å². The molecule has 0 spiro atoms. The molecule has 0 radical (unpaired) electrons. The summed E-state index contributed by atoms with van der Waals surface area (Å²) >= 11 is 0. The van der Waals surface area contributed by atoms with Crippen molar-refractivity contribution in [3.63, 3.8) is 0 Å². The molecule has 0 bridgehead atoms. The number of nitrogens with zero attached hydrogens (tertiary/aromatic N) is 6.